The van der Waals surface area contributed by atoms with E-state index in [9.17, 15) is 4.79 Å². The lowest BCUT2D eigenvalue weighted by atomic mass is 10.0. The van der Waals surface area contributed by atoms with Crippen molar-refractivity contribution in [2.45, 2.75) is 18.3 Å². The third-order valence-electron chi connectivity index (χ3n) is 2.57. The summed E-state index contributed by atoms with van der Waals surface area (Å²) >= 11 is 6.06. The molecule has 1 aromatic carbocycles. The van der Waals surface area contributed by atoms with E-state index in [2.05, 4.69) is 10.6 Å². The highest BCUT2D eigenvalue weighted by atomic mass is 35.5. The summed E-state index contributed by atoms with van der Waals surface area (Å²) in [5, 5.41) is 5.82. The molecular weight excluding hydrogens is 212 g/mol. The number of hydrogen-bond donors (Lipinski definition) is 2. The van der Waals surface area contributed by atoms with Crippen molar-refractivity contribution >= 4 is 23.2 Å². The first-order chi connectivity index (χ1) is 7.20. The minimum atomic E-state index is -0.173. The van der Waals surface area contributed by atoms with E-state index >= 15 is 0 Å². The third-order valence-corrected chi connectivity index (χ3v) is 3.04. The summed E-state index contributed by atoms with van der Waals surface area (Å²) < 4.78 is 0. The number of carbonyl (C=O) groups excluding carboxylic acids is 1. The SMILES string of the molecule is CNC(Cl)c1ccc2c(c1)CCC(=O)N2. The van der Waals surface area contributed by atoms with Gasteiger partial charge < -0.3 is 10.6 Å². The van der Waals surface area contributed by atoms with Crippen LogP contribution in [0.25, 0.3) is 0 Å². The number of rotatable bonds is 2. The van der Waals surface area contributed by atoms with Gasteiger partial charge in [0.25, 0.3) is 0 Å². The van der Waals surface area contributed by atoms with Gasteiger partial charge in [-0.25, -0.2) is 0 Å². The van der Waals surface area contributed by atoms with E-state index < -0.39 is 0 Å². The van der Waals surface area contributed by atoms with Crippen molar-refractivity contribution in [2.75, 3.05) is 12.4 Å². The molecule has 1 atom stereocenters. The number of aryl methyl sites for hydroxylation is 1. The van der Waals surface area contributed by atoms with Gasteiger partial charge in [0.1, 0.15) is 5.50 Å². The van der Waals surface area contributed by atoms with Crippen molar-refractivity contribution < 1.29 is 4.79 Å². The maximum atomic E-state index is 11.2. The number of hydrogen-bond acceptors (Lipinski definition) is 2. The van der Waals surface area contributed by atoms with Crippen molar-refractivity contribution in [3.8, 4) is 0 Å². The Morgan fingerprint density at radius 1 is 1.47 bits per heavy atom. The first-order valence-corrected chi connectivity index (χ1v) is 5.38. The van der Waals surface area contributed by atoms with Crippen LogP contribution in [0.3, 0.4) is 0 Å². The second-order valence-electron chi connectivity index (χ2n) is 3.62. The third kappa shape index (κ3) is 2.13. The Kier molecular flexibility index (Phi) is 2.93. The number of halogens is 1. The zero-order chi connectivity index (χ0) is 10.8. The summed E-state index contributed by atoms with van der Waals surface area (Å²) in [5.41, 5.74) is 2.94. The molecule has 0 saturated carbocycles. The average Bonchev–Trinajstić information content (AvgIpc) is 2.27. The number of amides is 1. The lowest BCUT2D eigenvalue weighted by Gasteiger charge is -2.18. The molecule has 1 aliphatic rings. The molecule has 2 rings (SSSR count). The number of benzene rings is 1. The maximum Gasteiger partial charge on any atom is 0.224 e. The fourth-order valence-corrected chi connectivity index (χ4v) is 1.86. The molecule has 3 nitrogen and oxygen atoms in total. The zero-order valence-electron chi connectivity index (χ0n) is 8.51. The standard InChI is InChI=1S/C11H13ClN2O/c1-13-11(12)8-2-4-9-7(6-8)3-5-10(15)14-9/h2,4,6,11,13H,3,5H2,1H3,(H,14,15). The topological polar surface area (TPSA) is 41.1 Å². The summed E-state index contributed by atoms with van der Waals surface area (Å²) in [4.78, 5) is 11.2. The molecule has 0 fully saturated rings. The van der Waals surface area contributed by atoms with Crippen LogP contribution >= 0.6 is 11.6 Å². The first-order valence-electron chi connectivity index (χ1n) is 4.94. The van der Waals surface area contributed by atoms with Gasteiger partial charge in [-0.3, -0.25) is 4.79 Å². The number of carbonyl (C=O) groups is 1. The van der Waals surface area contributed by atoms with Gasteiger partial charge in [-0.1, -0.05) is 12.1 Å². The summed E-state index contributed by atoms with van der Waals surface area (Å²) in [5.74, 6) is 0.0892. The van der Waals surface area contributed by atoms with Crippen molar-refractivity contribution in [1.29, 1.82) is 0 Å². The Labute approximate surface area is 93.8 Å². The van der Waals surface area contributed by atoms with Crippen molar-refractivity contribution in [2.24, 2.45) is 0 Å². The highest BCUT2D eigenvalue weighted by Crippen LogP contribution is 2.27. The van der Waals surface area contributed by atoms with E-state index in [-0.39, 0.29) is 11.4 Å². The van der Waals surface area contributed by atoms with E-state index in [1.54, 1.807) is 0 Å². The van der Waals surface area contributed by atoms with E-state index in [1.165, 1.54) is 0 Å². The first kappa shape index (κ1) is 10.5. The molecule has 1 aliphatic heterocycles. The Morgan fingerprint density at radius 3 is 3.00 bits per heavy atom. The molecule has 0 aliphatic carbocycles. The zero-order valence-corrected chi connectivity index (χ0v) is 9.27. The van der Waals surface area contributed by atoms with Gasteiger partial charge in [-0.2, -0.15) is 0 Å². The number of fused-ring (bicyclic) bond motifs is 1. The summed E-state index contributed by atoms with van der Waals surface area (Å²) in [6.07, 6.45) is 1.35. The minimum absolute atomic E-state index is 0.0892. The Hall–Kier alpha value is -1.06. The summed E-state index contributed by atoms with van der Waals surface area (Å²) in [7, 11) is 1.82. The normalized spacial score (nSPS) is 16.8. The van der Waals surface area contributed by atoms with Crippen LogP contribution in [0.1, 0.15) is 23.0 Å². The monoisotopic (exact) mass is 224 g/mol. The van der Waals surface area contributed by atoms with Crippen molar-refractivity contribution in [3.05, 3.63) is 29.3 Å². The van der Waals surface area contributed by atoms with Crippen LogP contribution in [0, 0.1) is 0 Å². The molecule has 80 valence electrons. The van der Waals surface area contributed by atoms with E-state index in [0.717, 1.165) is 23.2 Å². The van der Waals surface area contributed by atoms with Gasteiger partial charge >= 0.3 is 0 Å². The van der Waals surface area contributed by atoms with Gasteiger partial charge in [-0.05, 0) is 30.7 Å². The van der Waals surface area contributed by atoms with Crippen LogP contribution in [-0.4, -0.2) is 13.0 Å². The van der Waals surface area contributed by atoms with E-state index in [0.29, 0.717) is 6.42 Å². The van der Waals surface area contributed by atoms with Gasteiger partial charge in [0.15, 0.2) is 0 Å². The smallest absolute Gasteiger partial charge is 0.224 e. The molecule has 0 saturated heterocycles. The summed E-state index contributed by atoms with van der Waals surface area (Å²) in [6, 6.07) is 5.88. The van der Waals surface area contributed by atoms with Crippen molar-refractivity contribution in [3.63, 3.8) is 0 Å². The molecule has 4 heteroatoms. The second kappa shape index (κ2) is 4.21. The molecule has 1 unspecified atom stereocenters. The molecule has 0 aromatic heterocycles. The van der Waals surface area contributed by atoms with Crippen LogP contribution in [0.2, 0.25) is 0 Å². The molecule has 0 radical (unpaired) electrons. The predicted molar refractivity (Wildman–Crippen MR) is 61.0 cm³/mol. The highest BCUT2D eigenvalue weighted by Gasteiger charge is 2.16. The number of nitrogens with one attached hydrogen (secondary N) is 2. The Balaban J connectivity index is 2.30. The molecule has 15 heavy (non-hydrogen) atoms. The largest absolute Gasteiger partial charge is 0.326 e. The molecule has 0 spiro atoms. The number of anilines is 1. The maximum absolute atomic E-state index is 11.2. The lowest BCUT2D eigenvalue weighted by Crippen LogP contribution is -2.19. The summed E-state index contributed by atoms with van der Waals surface area (Å²) in [6.45, 7) is 0. The highest BCUT2D eigenvalue weighted by molar-refractivity contribution is 6.20. The Morgan fingerprint density at radius 2 is 2.27 bits per heavy atom. The fraction of sp³-hybridized carbons (Fsp3) is 0.364. The molecule has 2 N–H and O–H groups in total. The molecular formula is C11H13ClN2O. The molecule has 1 heterocycles. The van der Waals surface area contributed by atoms with Gasteiger partial charge in [0.05, 0.1) is 0 Å². The lowest BCUT2D eigenvalue weighted by molar-refractivity contribution is -0.116. The van der Waals surface area contributed by atoms with E-state index in [4.69, 9.17) is 11.6 Å². The molecule has 1 aromatic rings. The second-order valence-corrected chi connectivity index (χ2v) is 4.05. The quantitative estimate of drug-likeness (QED) is 0.596. The Bertz CT molecular complexity index is 392. The van der Waals surface area contributed by atoms with Gasteiger partial charge in [-0.15, -0.1) is 11.6 Å². The van der Waals surface area contributed by atoms with Crippen LogP contribution in [0.5, 0.6) is 0 Å². The fourth-order valence-electron chi connectivity index (χ4n) is 1.73. The average molecular weight is 225 g/mol. The van der Waals surface area contributed by atoms with Gasteiger partial charge in [0, 0.05) is 12.1 Å². The van der Waals surface area contributed by atoms with Crippen LogP contribution in [0.15, 0.2) is 18.2 Å². The van der Waals surface area contributed by atoms with Crippen LogP contribution in [-0.2, 0) is 11.2 Å². The van der Waals surface area contributed by atoms with Crippen LogP contribution < -0.4 is 10.6 Å². The van der Waals surface area contributed by atoms with E-state index in [1.807, 2.05) is 25.2 Å². The minimum Gasteiger partial charge on any atom is -0.326 e. The molecule has 0 bridgehead atoms. The van der Waals surface area contributed by atoms with Crippen LogP contribution in [0.4, 0.5) is 5.69 Å². The predicted octanol–water partition coefficient (Wildman–Crippen LogP) is 2.03. The van der Waals surface area contributed by atoms with Gasteiger partial charge in [0.2, 0.25) is 5.91 Å². The van der Waals surface area contributed by atoms with Crippen molar-refractivity contribution in [1.82, 2.24) is 5.32 Å². The number of alkyl halides is 1. The molecule has 1 amide bonds.